The molecule has 0 aliphatic rings. The van der Waals surface area contributed by atoms with E-state index >= 15 is 0 Å². The van der Waals surface area contributed by atoms with Crippen molar-refractivity contribution in [2.75, 3.05) is 0 Å². The van der Waals surface area contributed by atoms with E-state index in [1.807, 2.05) is 27.7 Å². The van der Waals surface area contributed by atoms with Crippen LogP contribution in [-0.4, -0.2) is 24.3 Å². The third kappa shape index (κ3) is 5.52. The van der Waals surface area contributed by atoms with Crippen molar-refractivity contribution < 1.29 is 9.59 Å². The fraction of sp³-hybridized carbons (Fsp3) is 0.818. The van der Waals surface area contributed by atoms with Gasteiger partial charge < -0.3 is 11.1 Å². The SMILES string of the molecule is CC(C)C[C@H](N)C(=O)N[C@H]([C]=O)C(C)C. The van der Waals surface area contributed by atoms with Crippen LogP contribution >= 0.6 is 0 Å². The number of hydrogen-bond donors (Lipinski definition) is 2. The largest absolute Gasteiger partial charge is 0.344 e. The van der Waals surface area contributed by atoms with Gasteiger partial charge in [0.05, 0.1) is 12.1 Å². The molecule has 1 amide bonds. The monoisotopic (exact) mass is 213 g/mol. The maximum atomic E-state index is 11.5. The van der Waals surface area contributed by atoms with Crippen molar-refractivity contribution in [2.24, 2.45) is 17.6 Å². The molecule has 2 atom stereocenters. The third-order valence-electron chi connectivity index (χ3n) is 2.15. The number of carbonyl (C=O) groups is 1. The van der Waals surface area contributed by atoms with Crippen LogP contribution in [0.25, 0.3) is 0 Å². The summed E-state index contributed by atoms with van der Waals surface area (Å²) in [6, 6.07) is -1.10. The molecular weight excluding hydrogens is 192 g/mol. The molecule has 4 heteroatoms. The standard InChI is InChI=1S/C11H21N2O2/c1-7(2)5-9(12)11(15)13-10(6-14)8(3)4/h7-10H,5,12H2,1-4H3,(H,13,15)/t9-,10+/m0/s1. The first-order valence-corrected chi connectivity index (χ1v) is 5.32. The van der Waals surface area contributed by atoms with E-state index < -0.39 is 12.1 Å². The van der Waals surface area contributed by atoms with E-state index in [9.17, 15) is 9.59 Å². The first kappa shape index (κ1) is 14.1. The summed E-state index contributed by atoms with van der Waals surface area (Å²) in [5.74, 6) is 0.131. The Hall–Kier alpha value is -0.900. The van der Waals surface area contributed by atoms with Gasteiger partial charge in [0, 0.05) is 0 Å². The van der Waals surface area contributed by atoms with Gasteiger partial charge in [0.1, 0.15) is 0 Å². The predicted molar refractivity (Wildman–Crippen MR) is 59.9 cm³/mol. The maximum Gasteiger partial charge on any atom is 0.237 e. The number of nitrogens with one attached hydrogen (secondary N) is 1. The molecule has 0 aromatic heterocycles. The van der Waals surface area contributed by atoms with Crippen LogP contribution < -0.4 is 11.1 Å². The Morgan fingerprint density at radius 1 is 1.33 bits per heavy atom. The van der Waals surface area contributed by atoms with E-state index in [0.29, 0.717) is 12.3 Å². The van der Waals surface area contributed by atoms with Gasteiger partial charge in [-0.3, -0.25) is 9.59 Å². The molecule has 0 heterocycles. The summed E-state index contributed by atoms with van der Waals surface area (Å²) in [6.07, 6.45) is 2.42. The predicted octanol–water partition coefficient (Wildman–Crippen LogP) is 0.610. The molecule has 87 valence electrons. The van der Waals surface area contributed by atoms with Crippen LogP contribution in [0.4, 0.5) is 0 Å². The van der Waals surface area contributed by atoms with E-state index in [1.165, 1.54) is 0 Å². The quantitative estimate of drug-likeness (QED) is 0.679. The molecule has 0 rings (SSSR count). The van der Waals surface area contributed by atoms with E-state index in [1.54, 1.807) is 6.29 Å². The second-order valence-electron chi connectivity index (χ2n) is 4.58. The second kappa shape index (κ2) is 6.56. The minimum absolute atomic E-state index is 0.0395. The van der Waals surface area contributed by atoms with Gasteiger partial charge in [0.25, 0.3) is 0 Å². The zero-order valence-electron chi connectivity index (χ0n) is 9.91. The second-order valence-corrected chi connectivity index (χ2v) is 4.58. The molecule has 4 nitrogen and oxygen atoms in total. The molecule has 0 saturated heterocycles. The summed E-state index contributed by atoms with van der Waals surface area (Å²) < 4.78 is 0. The number of amides is 1. The summed E-state index contributed by atoms with van der Waals surface area (Å²) in [4.78, 5) is 22.1. The lowest BCUT2D eigenvalue weighted by atomic mass is 10.0. The fourth-order valence-corrected chi connectivity index (χ4v) is 1.21. The average Bonchev–Trinajstić information content (AvgIpc) is 2.11. The highest BCUT2D eigenvalue weighted by molar-refractivity contribution is 5.84. The molecule has 15 heavy (non-hydrogen) atoms. The third-order valence-corrected chi connectivity index (χ3v) is 2.15. The Morgan fingerprint density at radius 2 is 1.87 bits per heavy atom. The van der Waals surface area contributed by atoms with Gasteiger partial charge in [-0.1, -0.05) is 27.7 Å². The van der Waals surface area contributed by atoms with E-state index in [-0.39, 0.29) is 11.8 Å². The van der Waals surface area contributed by atoms with Crippen LogP contribution in [-0.2, 0) is 9.59 Å². The van der Waals surface area contributed by atoms with Crippen molar-refractivity contribution in [3.05, 3.63) is 0 Å². The lowest BCUT2D eigenvalue weighted by Crippen LogP contribution is -2.48. The molecule has 0 aromatic carbocycles. The van der Waals surface area contributed by atoms with E-state index in [0.717, 1.165) is 0 Å². The molecule has 1 radical (unpaired) electrons. The summed E-state index contributed by atoms with van der Waals surface area (Å²) in [5.41, 5.74) is 5.68. The van der Waals surface area contributed by atoms with Crippen LogP contribution in [0.2, 0.25) is 0 Å². The lowest BCUT2D eigenvalue weighted by Gasteiger charge is -2.19. The van der Waals surface area contributed by atoms with Crippen molar-refractivity contribution in [3.63, 3.8) is 0 Å². The number of carbonyl (C=O) groups excluding carboxylic acids is 2. The van der Waals surface area contributed by atoms with Crippen LogP contribution in [0.5, 0.6) is 0 Å². The summed E-state index contributed by atoms with van der Waals surface area (Å²) in [5, 5.41) is 2.58. The van der Waals surface area contributed by atoms with Crippen LogP contribution in [0.1, 0.15) is 34.1 Å². The normalized spacial score (nSPS) is 15.1. The molecule has 0 spiro atoms. The smallest absolute Gasteiger partial charge is 0.237 e. The summed E-state index contributed by atoms with van der Waals surface area (Å²) in [6.45, 7) is 7.70. The van der Waals surface area contributed by atoms with Crippen molar-refractivity contribution in [1.82, 2.24) is 5.32 Å². The van der Waals surface area contributed by atoms with E-state index in [2.05, 4.69) is 5.32 Å². The molecule has 0 aliphatic heterocycles. The zero-order valence-corrected chi connectivity index (χ0v) is 9.91. The Morgan fingerprint density at radius 3 is 2.20 bits per heavy atom. The van der Waals surface area contributed by atoms with Crippen LogP contribution in [0.3, 0.4) is 0 Å². The highest BCUT2D eigenvalue weighted by atomic mass is 16.2. The minimum atomic E-state index is -0.560. The van der Waals surface area contributed by atoms with Gasteiger partial charge in [-0.2, -0.15) is 0 Å². The van der Waals surface area contributed by atoms with Crippen molar-refractivity contribution in [3.8, 4) is 0 Å². The highest BCUT2D eigenvalue weighted by Gasteiger charge is 2.20. The summed E-state index contributed by atoms with van der Waals surface area (Å²) >= 11 is 0. The van der Waals surface area contributed by atoms with Crippen LogP contribution in [0.15, 0.2) is 0 Å². The van der Waals surface area contributed by atoms with Gasteiger partial charge in [-0.25, -0.2) is 0 Å². The van der Waals surface area contributed by atoms with Gasteiger partial charge in [0.2, 0.25) is 12.2 Å². The van der Waals surface area contributed by atoms with Gasteiger partial charge in [-0.05, 0) is 18.3 Å². The topological polar surface area (TPSA) is 72.2 Å². The van der Waals surface area contributed by atoms with E-state index in [4.69, 9.17) is 5.73 Å². The van der Waals surface area contributed by atoms with Crippen molar-refractivity contribution in [1.29, 1.82) is 0 Å². The Bertz CT molecular complexity index is 215. The number of nitrogens with two attached hydrogens (primary N) is 1. The Labute approximate surface area is 91.6 Å². The molecular formula is C11H21N2O2. The van der Waals surface area contributed by atoms with Crippen molar-refractivity contribution in [2.45, 2.75) is 46.2 Å². The molecule has 0 fully saturated rings. The zero-order chi connectivity index (χ0) is 12.0. The maximum absolute atomic E-state index is 11.5. The lowest BCUT2D eigenvalue weighted by molar-refractivity contribution is -0.123. The van der Waals surface area contributed by atoms with Crippen LogP contribution in [0, 0.1) is 11.8 Å². The molecule has 0 saturated carbocycles. The average molecular weight is 213 g/mol. The molecule has 0 bridgehead atoms. The first-order chi connectivity index (χ1) is 6.88. The Kier molecular flexibility index (Phi) is 6.17. The fourth-order valence-electron chi connectivity index (χ4n) is 1.21. The molecule has 0 aliphatic carbocycles. The number of hydrogen-bond acceptors (Lipinski definition) is 3. The highest BCUT2D eigenvalue weighted by Crippen LogP contribution is 2.04. The Balaban J connectivity index is 4.16. The number of rotatable bonds is 6. The van der Waals surface area contributed by atoms with Gasteiger partial charge >= 0.3 is 0 Å². The molecule has 3 N–H and O–H groups in total. The molecule has 0 unspecified atom stereocenters. The minimum Gasteiger partial charge on any atom is -0.344 e. The molecule has 0 aromatic rings. The van der Waals surface area contributed by atoms with Gasteiger partial charge in [-0.15, -0.1) is 0 Å². The van der Waals surface area contributed by atoms with Crippen molar-refractivity contribution >= 4 is 12.2 Å². The first-order valence-electron chi connectivity index (χ1n) is 5.32. The summed E-state index contributed by atoms with van der Waals surface area (Å²) in [7, 11) is 0. The van der Waals surface area contributed by atoms with Gasteiger partial charge in [0.15, 0.2) is 0 Å².